The summed E-state index contributed by atoms with van der Waals surface area (Å²) in [5.74, 6) is 0. The summed E-state index contributed by atoms with van der Waals surface area (Å²) in [5, 5.41) is 14.8. The third-order valence-electron chi connectivity index (χ3n) is 0. The minimum Gasteiger partial charge on any atom is -0.369 e. The van der Waals surface area contributed by atoms with Crippen LogP contribution in [0.2, 0.25) is 0 Å². The monoisotopic (exact) mass is 275 g/mol. The molecule has 0 aliphatic carbocycles. The van der Waals surface area contributed by atoms with Gasteiger partial charge < -0.3 is 21.5 Å². The van der Waals surface area contributed by atoms with E-state index in [2.05, 4.69) is 0 Å². The standard InChI is InChI=1S/NO3.H3N.Pt/c2-1(3)4;;/h;1H3;/q-1;;+2/p+1. The van der Waals surface area contributed by atoms with Crippen LogP contribution >= 0.6 is 0 Å². The van der Waals surface area contributed by atoms with E-state index in [4.69, 9.17) is 15.3 Å². The molecular weight excluding hydrogens is 271 g/mol. The van der Waals surface area contributed by atoms with Gasteiger partial charge in [-0.15, -0.1) is 0 Å². The largest absolute Gasteiger partial charge is 2.00 e. The van der Waals surface area contributed by atoms with Gasteiger partial charge in [-0.05, 0) is 0 Å². The summed E-state index contributed by atoms with van der Waals surface area (Å²) < 4.78 is 0. The molecule has 0 atom stereocenters. The fourth-order valence-electron chi connectivity index (χ4n) is 0. The summed E-state index contributed by atoms with van der Waals surface area (Å²) in [6, 6.07) is 0. The predicted molar refractivity (Wildman–Crippen MR) is 16.3 cm³/mol. The molecule has 6 heteroatoms. The van der Waals surface area contributed by atoms with Crippen molar-refractivity contribution in [2.45, 2.75) is 0 Å². The van der Waals surface area contributed by atoms with Crippen molar-refractivity contribution >= 4 is 0 Å². The molecular formula is H4N2O3Pt+2. The van der Waals surface area contributed by atoms with Gasteiger partial charge in [-0.2, -0.15) is 0 Å². The van der Waals surface area contributed by atoms with Crippen LogP contribution in [0.1, 0.15) is 0 Å². The van der Waals surface area contributed by atoms with E-state index in [9.17, 15) is 0 Å². The second-order valence-corrected chi connectivity index (χ2v) is 0.224. The molecule has 0 saturated carbocycles. The predicted octanol–water partition coefficient (Wildman–Crippen LogP) is 0.135. The quantitative estimate of drug-likeness (QED) is 0.502. The van der Waals surface area contributed by atoms with Crippen LogP contribution in [0.15, 0.2) is 0 Å². The maximum Gasteiger partial charge on any atom is 2.00 e. The molecule has 0 aromatic heterocycles. The Labute approximate surface area is 48.3 Å². The molecule has 0 aromatic carbocycles. The molecule has 0 aromatic rings. The second kappa shape index (κ2) is 8.85. The SMILES string of the molecule is O=[N+]([O-])[O-].[NH4+].[Pt+2]. The van der Waals surface area contributed by atoms with Crippen molar-refractivity contribution in [3.63, 3.8) is 0 Å². The summed E-state index contributed by atoms with van der Waals surface area (Å²) in [4.78, 5) is 8.25. The van der Waals surface area contributed by atoms with E-state index >= 15 is 0 Å². The van der Waals surface area contributed by atoms with Gasteiger partial charge in [-0.1, -0.05) is 0 Å². The van der Waals surface area contributed by atoms with E-state index in [0.29, 0.717) is 0 Å². The van der Waals surface area contributed by atoms with E-state index in [1.54, 1.807) is 0 Å². The Hall–Kier alpha value is -0.152. The van der Waals surface area contributed by atoms with E-state index in [-0.39, 0.29) is 27.2 Å². The number of hydrogen-bond acceptors (Lipinski definition) is 3. The van der Waals surface area contributed by atoms with Crippen LogP contribution in [0, 0.1) is 15.3 Å². The van der Waals surface area contributed by atoms with Gasteiger partial charge >= 0.3 is 21.1 Å². The summed E-state index contributed by atoms with van der Waals surface area (Å²) >= 11 is 0. The van der Waals surface area contributed by atoms with Crippen molar-refractivity contribution in [2.75, 3.05) is 0 Å². The number of hydrogen-bond donors (Lipinski definition) is 1. The van der Waals surface area contributed by atoms with E-state index in [1.165, 1.54) is 0 Å². The van der Waals surface area contributed by atoms with Gasteiger partial charge in [0.15, 0.2) is 0 Å². The molecule has 40 valence electrons. The molecule has 0 unspecified atom stereocenters. The smallest absolute Gasteiger partial charge is 0.369 e. The third kappa shape index (κ3) is 1360. The molecule has 5 nitrogen and oxygen atoms in total. The zero-order valence-electron chi connectivity index (χ0n) is 2.99. The topological polar surface area (TPSA) is 103 Å². The van der Waals surface area contributed by atoms with Crippen LogP contribution < -0.4 is 6.15 Å². The fraction of sp³-hybridized carbons (Fsp3) is 0. The van der Waals surface area contributed by atoms with Crippen LogP contribution in [-0.4, -0.2) is 5.09 Å². The molecule has 0 aliphatic rings. The molecule has 0 radical (unpaired) electrons. The van der Waals surface area contributed by atoms with Gasteiger partial charge in [-0.25, -0.2) is 0 Å². The van der Waals surface area contributed by atoms with Crippen LogP contribution in [-0.2, 0) is 21.1 Å². The summed E-state index contributed by atoms with van der Waals surface area (Å²) in [7, 11) is 0. The van der Waals surface area contributed by atoms with Crippen LogP contribution in [0.4, 0.5) is 0 Å². The summed E-state index contributed by atoms with van der Waals surface area (Å²) in [6.45, 7) is 0. The van der Waals surface area contributed by atoms with Crippen molar-refractivity contribution < 1.29 is 26.2 Å². The number of rotatable bonds is 0. The molecule has 0 amide bonds. The molecule has 4 N–H and O–H groups in total. The van der Waals surface area contributed by atoms with Crippen LogP contribution in [0.5, 0.6) is 0 Å². The van der Waals surface area contributed by atoms with Crippen molar-refractivity contribution in [1.82, 2.24) is 6.15 Å². The van der Waals surface area contributed by atoms with Gasteiger partial charge in [0.25, 0.3) is 0 Å². The van der Waals surface area contributed by atoms with Gasteiger partial charge in [0, 0.05) is 0 Å². The fourth-order valence-corrected chi connectivity index (χ4v) is 0. The zero-order chi connectivity index (χ0) is 3.58. The first-order valence-corrected chi connectivity index (χ1v) is 0.548. The first kappa shape index (κ1) is 16.9. The molecule has 0 bridgehead atoms. The van der Waals surface area contributed by atoms with E-state index in [0.717, 1.165) is 0 Å². The molecule has 6 heavy (non-hydrogen) atoms. The van der Waals surface area contributed by atoms with Gasteiger partial charge in [0.2, 0.25) is 0 Å². The minimum atomic E-state index is -1.75. The van der Waals surface area contributed by atoms with E-state index in [1.807, 2.05) is 0 Å². The molecule has 0 rings (SSSR count). The van der Waals surface area contributed by atoms with Gasteiger partial charge in [0.05, 0.1) is 5.09 Å². The van der Waals surface area contributed by atoms with Crippen LogP contribution in [0.25, 0.3) is 0 Å². The summed E-state index contributed by atoms with van der Waals surface area (Å²) in [6.07, 6.45) is 0. The van der Waals surface area contributed by atoms with Gasteiger partial charge in [0.1, 0.15) is 0 Å². The Morgan fingerprint density at radius 3 is 1.33 bits per heavy atom. The Morgan fingerprint density at radius 2 is 1.33 bits per heavy atom. The normalized spacial score (nSPS) is 4.00. The maximum absolute atomic E-state index is 8.25. The number of quaternary nitrogens is 1. The van der Waals surface area contributed by atoms with Crippen molar-refractivity contribution in [2.24, 2.45) is 0 Å². The van der Waals surface area contributed by atoms with Crippen molar-refractivity contribution in [3.05, 3.63) is 15.3 Å². The molecule has 0 saturated heterocycles. The van der Waals surface area contributed by atoms with Crippen LogP contribution in [0.3, 0.4) is 0 Å². The first-order valence-electron chi connectivity index (χ1n) is 0.548. The molecule has 0 spiro atoms. The molecule has 0 heterocycles. The minimum absolute atomic E-state index is 0. The average molecular weight is 275 g/mol. The Morgan fingerprint density at radius 1 is 1.33 bits per heavy atom. The first-order chi connectivity index (χ1) is 1.73. The Kier molecular flexibility index (Phi) is 25.0. The molecule has 0 aliphatic heterocycles. The Bertz CT molecular complexity index is 31.8. The maximum atomic E-state index is 8.25. The summed E-state index contributed by atoms with van der Waals surface area (Å²) in [5.41, 5.74) is 0. The second-order valence-electron chi connectivity index (χ2n) is 0.224. The van der Waals surface area contributed by atoms with Crippen molar-refractivity contribution in [1.29, 1.82) is 0 Å². The Balaban J connectivity index is -0.0000000450. The third-order valence-corrected chi connectivity index (χ3v) is 0. The average Bonchev–Trinajstić information content (AvgIpc) is 0.811. The molecule has 0 fully saturated rings. The van der Waals surface area contributed by atoms with Gasteiger partial charge in [-0.3, -0.25) is 0 Å². The van der Waals surface area contributed by atoms with E-state index < -0.39 is 5.09 Å². The van der Waals surface area contributed by atoms with Crippen molar-refractivity contribution in [3.8, 4) is 0 Å². The number of nitrogens with zero attached hydrogens (tertiary/aromatic N) is 1. The zero-order valence-corrected chi connectivity index (χ0v) is 5.26.